The Balaban J connectivity index is 0.00000153. The molecule has 176 valence electrons. The summed E-state index contributed by atoms with van der Waals surface area (Å²) in [4.78, 5) is 8.64. The molecule has 2 aromatic heterocycles. The lowest BCUT2D eigenvalue weighted by molar-refractivity contribution is 0.268. The summed E-state index contributed by atoms with van der Waals surface area (Å²) < 4.78 is 5.54. The van der Waals surface area contributed by atoms with Gasteiger partial charge in [0.25, 0.3) is 0 Å². The highest BCUT2D eigenvalue weighted by molar-refractivity contribution is 7.16. The summed E-state index contributed by atoms with van der Waals surface area (Å²) in [5.74, 6) is 0.978. The van der Waals surface area contributed by atoms with Crippen molar-refractivity contribution in [3.8, 4) is 5.75 Å². The molecule has 0 bridgehead atoms. The number of hydrogen-bond donors (Lipinski definition) is 2. The molecule has 0 spiro atoms. The molecule has 2 aliphatic heterocycles. The Morgan fingerprint density at radius 2 is 2.03 bits per heavy atom. The first kappa shape index (κ1) is 25.4. The molecule has 0 amide bonds. The van der Waals surface area contributed by atoms with Gasteiger partial charge in [0.15, 0.2) is 0 Å². The minimum absolute atomic E-state index is 0. The highest BCUT2D eigenvalue weighted by Gasteiger charge is 2.26. The monoisotopic (exact) mass is 504 g/mol. The number of para-hydroxylation sites is 1. The minimum atomic E-state index is 0. The number of rotatable bonds is 5. The molecule has 4 heterocycles. The van der Waals surface area contributed by atoms with Crippen molar-refractivity contribution in [3.63, 3.8) is 0 Å². The number of anilines is 1. The van der Waals surface area contributed by atoms with Gasteiger partial charge in [-0.15, -0.1) is 36.2 Å². The lowest BCUT2D eigenvalue weighted by Gasteiger charge is -2.36. The van der Waals surface area contributed by atoms with Gasteiger partial charge in [0, 0.05) is 53.7 Å². The third kappa shape index (κ3) is 5.30. The molecule has 1 aromatic carbocycles. The maximum absolute atomic E-state index is 5.54. The summed E-state index contributed by atoms with van der Waals surface area (Å²) in [5, 5.41) is 10.7. The van der Waals surface area contributed by atoms with Crippen molar-refractivity contribution in [2.45, 2.75) is 25.8 Å². The van der Waals surface area contributed by atoms with E-state index in [1.165, 1.54) is 26.7 Å². The highest BCUT2D eigenvalue weighted by Crippen LogP contribution is 2.34. The number of piperazine rings is 1. The summed E-state index contributed by atoms with van der Waals surface area (Å²) >= 11 is 1.81. The number of nitrogens with zero attached hydrogens (tertiary/aromatic N) is 2. The van der Waals surface area contributed by atoms with Gasteiger partial charge in [0.05, 0.1) is 18.2 Å². The van der Waals surface area contributed by atoms with Gasteiger partial charge in [0.1, 0.15) is 10.8 Å². The summed E-state index contributed by atoms with van der Waals surface area (Å²) in [7, 11) is 1.75. The van der Waals surface area contributed by atoms with Crippen LogP contribution < -0.4 is 25.9 Å². The zero-order valence-electron chi connectivity index (χ0n) is 18.8. The molecule has 2 N–H and O–H groups in total. The van der Waals surface area contributed by atoms with Crippen LogP contribution in [0.3, 0.4) is 0 Å². The van der Waals surface area contributed by atoms with E-state index in [-0.39, 0.29) is 24.8 Å². The second-order valence-corrected chi connectivity index (χ2v) is 9.38. The molecule has 5 rings (SSSR count). The van der Waals surface area contributed by atoms with E-state index in [0.717, 1.165) is 48.8 Å². The molecule has 8 heteroatoms. The lowest BCUT2D eigenvalue weighted by Crippen LogP contribution is -2.51. The molecule has 0 saturated carbocycles. The standard InChI is InChI=1S/C25H28N4OS.2ClH/c1-17-14-21-24(23-19(7-5-11-27-23)15-28-25(21)31-17)29-13-12-26-20(16-29)10-9-18-6-3-4-8-22(18)30-2;;/h3-8,11,14-15,20,26,28H,9-10,12-13,16H2,1-2H3;2*1H. The normalized spacial score (nSPS) is 16.7. The van der Waals surface area contributed by atoms with Crippen LogP contribution in [0.1, 0.15) is 22.4 Å². The number of ether oxygens (including phenoxy) is 1. The van der Waals surface area contributed by atoms with Gasteiger partial charge in [-0.25, -0.2) is 0 Å². The molecule has 1 unspecified atom stereocenters. The van der Waals surface area contributed by atoms with Crippen molar-refractivity contribution < 1.29 is 4.74 Å². The highest BCUT2D eigenvalue weighted by atomic mass is 35.5. The van der Waals surface area contributed by atoms with Crippen LogP contribution in [0.4, 0.5) is 5.00 Å². The van der Waals surface area contributed by atoms with Crippen LogP contribution in [0.15, 0.2) is 48.7 Å². The van der Waals surface area contributed by atoms with E-state index in [0.29, 0.717) is 6.04 Å². The molecule has 2 aliphatic rings. The Labute approximate surface area is 211 Å². The van der Waals surface area contributed by atoms with E-state index in [4.69, 9.17) is 9.72 Å². The number of aromatic nitrogens is 1. The minimum Gasteiger partial charge on any atom is -0.496 e. The smallest absolute Gasteiger partial charge is 0.122 e. The van der Waals surface area contributed by atoms with Gasteiger partial charge in [-0.05, 0) is 49.6 Å². The van der Waals surface area contributed by atoms with E-state index >= 15 is 0 Å². The Morgan fingerprint density at radius 1 is 1.18 bits per heavy atom. The number of hydrogen-bond acceptors (Lipinski definition) is 6. The van der Waals surface area contributed by atoms with Crippen molar-refractivity contribution in [1.29, 1.82) is 0 Å². The molecular weight excluding hydrogens is 475 g/mol. The number of benzene rings is 1. The summed E-state index contributed by atoms with van der Waals surface area (Å²) in [6.07, 6.45) is 6.06. The first-order valence-corrected chi connectivity index (χ1v) is 11.7. The fourth-order valence-electron chi connectivity index (χ4n) is 4.58. The van der Waals surface area contributed by atoms with E-state index in [1.807, 2.05) is 35.7 Å². The van der Waals surface area contributed by atoms with Crippen LogP contribution in [0.25, 0.3) is 11.9 Å². The van der Waals surface area contributed by atoms with Crippen molar-refractivity contribution in [2.75, 3.05) is 32.1 Å². The van der Waals surface area contributed by atoms with Crippen molar-refractivity contribution in [2.24, 2.45) is 0 Å². The quantitative estimate of drug-likeness (QED) is 0.556. The maximum atomic E-state index is 5.54. The zero-order valence-corrected chi connectivity index (χ0v) is 21.3. The Bertz CT molecular complexity index is 1210. The number of nitrogens with one attached hydrogen (secondary N) is 2. The van der Waals surface area contributed by atoms with E-state index in [1.54, 1.807) is 7.11 Å². The van der Waals surface area contributed by atoms with Gasteiger partial charge < -0.3 is 20.3 Å². The molecule has 0 aliphatic carbocycles. The zero-order chi connectivity index (χ0) is 21.2. The third-order valence-corrected chi connectivity index (χ3v) is 7.04. The lowest BCUT2D eigenvalue weighted by atomic mass is 10.0. The van der Waals surface area contributed by atoms with Gasteiger partial charge in [-0.3, -0.25) is 4.98 Å². The van der Waals surface area contributed by atoms with Crippen molar-refractivity contribution in [1.82, 2.24) is 15.2 Å². The van der Waals surface area contributed by atoms with E-state index < -0.39 is 0 Å². The molecule has 3 aromatic rings. The Hall–Kier alpha value is -2.25. The molecule has 1 fully saturated rings. The van der Waals surface area contributed by atoms with Gasteiger partial charge in [0.2, 0.25) is 0 Å². The maximum Gasteiger partial charge on any atom is 0.122 e. The largest absolute Gasteiger partial charge is 0.496 e. The fourth-order valence-corrected chi connectivity index (χ4v) is 5.46. The average molecular weight is 506 g/mol. The second-order valence-electron chi connectivity index (χ2n) is 8.13. The first-order chi connectivity index (χ1) is 15.2. The first-order valence-electron chi connectivity index (χ1n) is 10.9. The van der Waals surface area contributed by atoms with Crippen molar-refractivity contribution >= 4 is 53.0 Å². The molecule has 1 atom stereocenters. The Kier molecular flexibility index (Phi) is 8.65. The van der Waals surface area contributed by atoms with Crippen molar-refractivity contribution in [3.05, 3.63) is 75.2 Å². The summed E-state index contributed by atoms with van der Waals surface area (Å²) in [5.41, 5.74) is 3.79. The summed E-state index contributed by atoms with van der Waals surface area (Å²) in [6.45, 7) is 5.09. The molecular formula is C25H30Cl2N4OS. The molecule has 5 nitrogen and oxygen atoms in total. The van der Waals surface area contributed by atoms with Gasteiger partial charge in [-0.1, -0.05) is 18.2 Å². The van der Waals surface area contributed by atoms with Crippen LogP contribution in [0, 0.1) is 6.92 Å². The fraction of sp³-hybridized carbons (Fsp3) is 0.320. The topological polar surface area (TPSA) is 49.4 Å². The third-order valence-electron chi connectivity index (χ3n) is 6.06. The van der Waals surface area contributed by atoms with Crippen LogP contribution in [-0.4, -0.2) is 42.7 Å². The number of halogens is 2. The van der Waals surface area contributed by atoms with E-state index in [2.05, 4.69) is 52.9 Å². The number of thiophene rings is 1. The molecule has 33 heavy (non-hydrogen) atoms. The van der Waals surface area contributed by atoms with Gasteiger partial charge in [-0.2, -0.15) is 0 Å². The van der Waals surface area contributed by atoms with Crippen LogP contribution in [0.2, 0.25) is 0 Å². The SMILES string of the molecule is COc1ccccc1CCC1CN(C2=c3ncccc3=CNc3sc(C)cc32)CCN1.Cl.Cl. The van der Waals surface area contributed by atoms with Gasteiger partial charge >= 0.3 is 0 Å². The predicted molar refractivity (Wildman–Crippen MR) is 142 cm³/mol. The molecule has 1 saturated heterocycles. The van der Waals surface area contributed by atoms with Crippen LogP contribution in [-0.2, 0) is 6.42 Å². The summed E-state index contributed by atoms with van der Waals surface area (Å²) in [6, 6.07) is 15.2. The average Bonchev–Trinajstić information content (AvgIpc) is 3.10. The number of fused-ring (bicyclic) bond motifs is 2. The number of aryl methyl sites for hydroxylation is 2. The molecule has 0 radical (unpaired) electrons. The van der Waals surface area contributed by atoms with E-state index in [9.17, 15) is 0 Å². The Morgan fingerprint density at radius 3 is 2.88 bits per heavy atom. The number of pyridine rings is 1. The second kappa shape index (κ2) is 11.3. The number of methoxy groups -OCH3 is 1. The predicted octanol–water partition coefficient (Wildman–Crippen LogP) is 3.53. The van der Waals surface area contributed by atoms with Crippen LogP contribution in [0.5, 0.6) is 5.75 Å². The van der Waals surface area contributed by atoms with Crippen LogP contribution >= 0.6 is 36.2 Å².